The van der Waals surface area contributed by atoms with E-state index >= 15 is 0 Å². The first kappa shape index (κ1) is 16.7. The van der Waals surface area contributed by atoms with Crippen molar-refractivity contribution in [2.75, 3.05) is 18.5 Å². The van der Waals surface area contributed by atoms with E-state index in [1.807, 2.05) is 12.1 Å². The number of hydrogen-bond donors (Lipinski definition) is 2. The number of amides is 2. The van der Waals surface area contributed by atoms with Crippen LogP contribution in [-0.4, -0.2) is 24.2 Å². The summed E-state index contributed by atoms with van der Waals surface area (Å²) >= 11 is 5.96. The minimum absolute atomic E-state index is 0.0956. The summed E-state index contributed by atoms with van der Waals surface area (Å²) < 4.78 is 5.44. The largest absolute Gasteiger partial charge is 0.381 e. The fourth-order valence-corrected chi connectivity index (χ4v) is 3.15. The highest BCUT2D eigenvalue weighted by Crippen LogP contribution is 2.29. The zero-order chi connectivity index (χ0) is 16.8. The monoisotopic (exact) mass is 345 g/mol. The molecular formula is C18H20ClN3O2. The molecule has 0 bridgehead atoms. The van der Waals surface area contributed by atoms with Gasteiger partial charge in [0.25, 0.3) is 0 Å². The van der Waals surface area contributed by atoms with Crippen molar-refractivity contribution >= 4 is 23.3 Å². The van der Waals surface area contributed by atoms with Crippen molar-refractivity contribution in [2.24, 2.45) is 5.92 Å². The summed E-state index contributed by atoms with van der Waals surface area (Å²) in [6.45, 7) is 1.44. The lowest BCUT2D eigenvalue weighted by Gasteiger charge is -2.31. The predicted octanol–water partition coefficient (Wildman–Crippen LogP) is 4.02. The highest BCUT2D eigenvalue weighted by Gasteiger charge is 2.27. The van der Waals surface area contributed by atoms with Crippen molar-refractivity contribution < 1.29 is 9.53 Å². The lowest BCUT2D eigenvalue weighted by molar-refractivity contribution is 0.0550. The summed E-state index contributed by atoms with van der Waals surface area (Å²) in [6, 6.07) is 10.6. The molecule has 1 saturated heterocycles. The van der Waals surface area contributed by atoms with E-state index in [1.165, 1.54) is 0 Å². The van der Waals surface area contributed by atoms with Crippen LogP contribution in [0.1, 0.15) is 24.4 Å². The average Bonchev–Trinajstić information content (AvgIpc) is 2.61. The lowest BCUT2D eigenvalue weighted by Crippen LogP contribution is -2.38. The van der Waals surface area contributed by atoms with Crippen LogP contribution in [0.2, 0.25) is 5.02 Å². The lowest BCUT2D eigenvalue weighted by atomic mass is 9.88. The summed E-state index contributed by atoms with van der Waals surface area (Å²) in [6.07, 6.45) is 5.37. The number of benzene rings is 1. The van der Waals surface area contributed by atoms with Gasteiger partial charge in [-0.2, -0.15) is 0 Å². The molecule has 1 aliphatic heterocycles. The molecule has 0 radical (unpaired) electrons. The molecule has 1 atom stereocenters. The number of anilines is 1. The van der Waals surface area contributed by atoms with Crippen LogP contribution in [0.3, 0.4) is 0 Å². The number of urea groups is 1. The Bertz CT molecular complexity index is 675. The van der Waals surface area contributed by atoms with E-state index < -0.39 is 0 Å². The zero-order valence-corrected chi connectivity index (χ0v) is 14.0. The Morgan fingerprint density at radius 3 is 2.79 bits per heavy atom. The minimum Gasteiger partial charge on any atom is -0.381 e. The molecule has 2 N–H and O–H groups in total. The van der Waals surface area contributed by atoms with Crippen molar-refractivity contribution in [3.05, 3.63) is 59.4 Å². The second-order valence-corrected chi connectivity index (χ2v) is 6.26. The van der Waals surface area contributed by atoms with E-state index in [-0.39, 0.29) is 12.1 Å². The van der Waals surface area contributed by atoms with Gasteiger partial charge in [-0.25, -0.2) is 4.79 Å². The van der Waals surface area contributed by atoms with Crippen LogP contribution in [-0.2, 0) is 4.74 Å². The third-order valence-electron chi connectivity index (χ3n) is 4.15. The second-order valence-electron chi connectivity index (χ2n) is 5.82. The topological polar surface area (TPSA) is 63.2 Å². The maximum absolute atomic E-state index is 12.4. The first-order valence-corrected chi connectivity index (χ1v) is 8.41. The van der Waals surface area contributed by atoms with Crippen molar-refractivity contribution in [3.8, 4) is 0 Å². The van der Waals surface area contributed by atoms with E-state index in [9.17, 15) is 4.79 Å². The van der Waals surface area contributed by atoms with Gasteiger partial charge in [0.2, 0.25) is 0 Å². The highest BCUT2D eigenvalue weighted by atomic mass is 35.5. The van der Waals surface area contributed by atoms with Crippen LogP contribution in [0.5, 0.6) is 0 Å². The van der Waals surface area contributed by atoms with Crippen LogP contribution >= 0.6 is 11.6 Å². The second kappa shape index (κ2) is 8.13. The summed E-state index contributed by atoms with van der Waals surface area (Å²) in [5.74, 6) is 0.327. The average molecular weight is 346 g/mol. The molecule has 1 unspecified atom stereocenters. The van der Waals surface area contributed by atoms with E-state index in [2.05, 4.69) is 15.6 Å². The van der Waals surface area contributed by atoms with Crippen molar-refractivity contribution in [3.63, 3.8) is 0 Å². The van der Waals surface area contributed by atoms with E-state index in [4.69, 9.17) is 16.3 Å². The number of carbonyl (C=O) groups excluding carboxylic acids is 1. The first-order chi connectivity index (χ1) is 11.7. The third kappa shape index (κ3) is 4.46. The third-order valence-corrected chi connectivity index (χ3v) is 4.39. The molecule has 0 saturated carbocycles. The van der Waals surface area contributed by atoms with Gasteiger partial charge in [0.15, 0.2) is 0 Å². The Balaban J connectivity index is 1.72. The number of rotatable bonds is 4. The fraction of sp³-hybridized carbons (Fsp3) is 0.333. The van der Waals surface area contributed by atoms with E-state index in [1.54, 1.807) is 36.7 Å². The number of pyridine rings is 1. The molecule has 1 fully saturated rings. The molecule has 2 heterocycles. The molecule has 126 valence electrons. The van der Waals surface area contributed by atoms with E-state index in [0.29, 0.717) is 16.6 Å². The highest BCUT2D eigenvalue weighted by molar-refractivity contribution is 6.30. The number of carbonyl (C=O) groups is 1. The predicted molar refractivity (Wildman–Crippen MR) is 94.1 cm³/mol. The molecular weight excluding hydrogens is 326 g/mol. The number of aromatic nitrogens is 1. The number of nitrogens with zero attached hydrogens (tertiary/aromatic N) is 1. The Labute approximate surface area is 146 Å². The zero-order valence-electron chi connectivity index (χ0n) is 13.2. The molecule has 1 aromatic heterocycles. The van der Waals surface area contributed by atoms with Gasteiger partial charge in [0, 0.05) is 36.3 Å². The molecule has 0 spiro atoms. The van der Waals surface area contributed by atoms with Crippen LogP contribution in [0.15, 0.2) is 48.8 Å². The summed E-state index contributed by atoms with van der Waals surface area (Å²) in [4.78, 5) is 16.6. The SMILES string of the molecule is O=C(Nc1cccc(Cl)c1)NC(c1cccnc1)C1CCOCC1. The van der Waals surface area contributed by atoms with Gasteiger partial charge < -0.3 is 15.4 Å². The van der Waals surface area contributed by atoms with Crippen molar-refractivity contribution in [1.82, 2.24) is 10.3 Å². The molecule has 1 aliphatic rings. The van der Waals surface area contributed by atoms with Gasteiger partial charge in [-0.3, -0.25) is 4.98 Å². The summed E-state index contributed by atoms with van der Waals surface area (Å²) in [5.41, 5.74) is 1.67. The quantitative estimate of drug-likeness (QED) is 0.879. The van der Waals surface area contributed by atoms with Crippen LogP contribution < -0.4 is 10.6 Å². The molecule has 1 aromatic carbocycles. The normalized spacial score (nSPS) is 16.4. The maximum atomic E-state index is 12.4. The number of nitrogens with one attached hydrogen (secondary N) is 2. The Hall–Kier alpha value is -2.11. The molecule has 5 nitrogen and oxygen atoms in total. The smallest absolute Gasteiger partial charge is 0.319 e. The van der Waals surface area contributed by atoms with E-state index in [0.717, 1.165) is 31.6 Å². The maximum Gasteiger partial charge on any atom is 0.319 e. The number of ether oxygens (including phenoxy) is 1. The van der Waals surface area contributed by atoms with Gasteiger partial charge >= 0.3 is 6.03 Å². The Kier molecular flexibility index (Phi) is 5.67. The van der Waals surface area contributed by atoms with Gasteiger partial charge in [-0.15, -0.1) is 0 Å². The van der Waals surface area contributed by atoms with Gasteiger partial charge in [0.05, 0.1) is 6.04 Å². The van der Waals surface area contributed by atoms with Gasteiger partial charge in [0.1, 0.15) is 0 Å². The molecule has 3 rings (SSSR count). The van der Waals surface area contributed by atoms with Crippen LogP contribution in [0.4, 0.5) is 10.5 Å². The van der Waals surface area contributed by atoms with Crippen molar-refractivity contribution in [2.45, 2.75) is 18.9 Å². The molecule has 24 heavy (non-hydrogen) atoms. The molecule has 6 heteroatoms. The summed E-state index contributed by atoms with van der Waals surface area (Å²) in [5, 5.41) is 6.50. The standard InChI is InChI=1S/C18H20ClN3O2/c19-15-4-1-5-16(11-15)21-18(23)22-17(13-6-9-24-10-7-13)14-3-2-8-20-12-14/h1-5,8,11-13,17H,6-7,9-10H2,(H2,21,22,23). The minimum atomic E-state index is -0.252. The Morgan fingerprint density at radius 1 is 1.25 bits per heavy atom. The molecule has 0 aliphatic carbocycles. The van der Waals surface area contributed by atoms with Crippen LogP contribution in [0, 0.1) is 5.92 Å². The number of halogens is 1. The van der Waals surface area contributed by atoms with Gasteiger partial charge in [-0.05, 0) is 48.6 Å². The molecule has 2 aromatic rings. The summed E-state index contributed by atoms with van der Waals surface area (Å²) in [7, 11) is 0. The Morgan fingerprint density at radius 2 is 2.08 bits per heavy atom. The first-order valence-electron chi connectivity index (χ1n) is 8.03. The van der Waals surface area contributed by atoms with Crippen LogP contribution in [0.25, 0.3) is 0 Å². The van der Waals surface area contributed by atoms with Gasteiger partial charge in [-0.1, -0.05) is 23.7 Å². The number of hydrogen-bond acceptors (Lipinski definition) is 3. The molecule has 2 amide bonds. The fourth-order valence-electron chi connectivity index (χ4n) is 2.96. The van der Waals surface area contributed by atoms with Crippen molar-refractivity contribution in [1.29, 1.82) is 0 Å².